The standard InChI is InChI=1S/C6H9.Sn.3H/c1-3-5-6-4-2;;;;/h3,5-6H2,1H3;;;;. The van der Waals surface area contributed by atoms with Gasteiger partial charge in [0.2, 0.25) is 0 Å². The van der Waals surface area contributed by atoms with Crippen molar-refractivity contribution < 1.29 is 0 Å². The molecule has 0 aliphatic rings. The van der Waals surface area contributed by atoms with Crippen LogP contribution in [-0.4, -0.2) is 22.5 Å². The first-order valence-corrected chi connectivity index (χ1v) is 5.66. The van der Waals surface area contributed by atoms with Gasteiger partial charge >= 0.3 is 58.6 Å². The van der Waals surface area contributed by atoms with Gasteiger partial charge in [0.15, 0.2) is 0 Å². The summed E-state index contributed by atoms with van der Waals surface area (Å²) in [6, 6.07) is 0. The van der Waals surface area contributed by atoms with Gasteiger partial charge in [0.1, 0.15) is 0 Å². The minimum absolute atomic E-state index is 0.615. The van der Waals surface area contributed by atoms with E-state index in [2.05, 4.69) is 16.8 Å². The molecule has 0 rings (SSSR count). The molecule has 0 bridgehead atoms. The summed E-state index contributed by atoms with van der Waals surface area (Å²) in [6.45, 7) is 2.20. The molecule has 7 heavy (non-hydrogen) atoms. The Kier molecular flexibility index (Phi) is 6.68. The van der Waals surface area contributed by atoms with Crippen LogP contribution in [0.25, 0.3) is 0 Å². The Balaban J connectivity index is 2.78. The van der Waals surface area contributed by atoms with Crippen LogP contribution in [0.2, 0.25) is 0 Å². The molecule has 0 atom stereocenters. The summed E-state index contributed by atoms with van der Waals surface area (Å²) < 4.78 is 3.06. The first kappa shape index (κ1) is 7.36. The Morgan fingerprint density at radius 2 is 2.29 bits per heavy atom. The van der Waals surface area contributed by atoms with E-state index < -0.39 is 0 Å². The summed E-state index contributed by atoms with van der Waals surface area (Å²) >= 11 is 0.615. The van der Waals surface area contributed by atoms with Crippen LogP contribution < -0.4 is 0 Å². The molecular weight excluding hydrogens is 191 g/mol. The number of hydrogen-bond donors (Lipinski definition) is 0. The minimum atomic E-state index is 0.615. The SMILES string of the molecule is CCCCC#[C][SnH3]. The van der Waals surface area contributed by atoms with Gasteiger partial charge in [-0.15, -0.1) is 0 Å². The summed E-state index contributed by atoms with van der Waals surface area (Å²) in [6.07, 6.45) is 3.70. The van der Waals surface area contributed by atoms with Gasteiger partial charge in [0, 0.05) is 0 Å². The van der Waals surface area contributed by atoms with Crippen molar-refractivity contribution >= 4 is 22.5 Å². The zero-order valence-electron chi connectivity index (χ0n) is 5.12. The van der Waals surface area contributed by atoms with E-state index in [0.29, 0.717) is 22.5 Å². The van der Waals surface area contributed by atoms with Gasteiger partial charge in [-0.1, -0.05) is 0 Å². The molecule has 0 fully saturated rings. The quantitative estimate of drug-likeness (QED) is 0.348. The fourth-order valence-electron chi connectivity index (χ4n) is 0.390. The molecule has 0 amide bonds. The third-order valence-electron chi connectivity index (χ3n) is 0.832. The van der Waals surface area contributed by atoms with Crippen molar-refractivity contribution in [2.45, 2.75) is 26.2 Å². The van der Waals surface area contributed by atoms with Crippen LogP contribution in [0.5, 0.6) is 0 Å². The van der Waals surface area contributed by atoms with Crippen LogP contribution in [-0.2, 0) is 0 Å². The molecule has 0 aromatic heterocycles. The predicted octanol–water partition coefficient (Wildman–Crippen LogP) is 0.503. The zero-order chi connectivity index (χ0) is 5.54. The third-order valence-corrected chi connectivity index (χ3v) is 1.84. The van der Waals surface area contributed by atoms with Crippen molar-refractivity contribution in [2.75, 3.05) is 0 Å². The van der Waals surface area contributed by atoms with Crippen LogP contribution in [0.4, 0.5) is 0 Å². The monoisotopic (exact) mass is 204 g/mol. The van der Waals surface area contributed by atoms with Gasteiger partial charge in [0.05, 0.1) is 0 Å². The number of unbranched alkanes of at least 4 members (excludes halogenated alkanes) is 2. The van der Waals surface area contributed by atoms with E-state index in [0.717, 1.165) is 6.42 Å². The van der Waals surface area contributed by atoms with Gasteiger partial charge in [-0.2, -0.15) is 0 Å². The van der Waals surface area contributed by atoms with E-state index in [1.165, 1.54) is 12.8 Å². The van der Waals surface area contributed by atoms with Crippen molar-refractivity contribution in [3.05, 3.63) is 0 Å². The van der Waals surface area contributed by atoms with Crippen molar-refractivity contribution in [1.29, 1.82) is 0 Å². The second kappa shape index (κ2) is 6.36. The first-order valence-electron chi connectivity index (χ1n) is 2.81. The summed E-state index contributed by atoms with van der Waals surface area (Å²) in [4.78, 5) is 0. The number of rotatable bonds is 2. The molecule has 0 aromatic rings. The van der Waals surface area contributed by atoms with Gasteiger partial charge in [-0.3, -0.25) is 0 Å². The van der Waals surface area contributed by atoms with Gasteiger partial charge in [-0.05, 0) is 0 Å². The fraction of sp³-hybridized carbons (Fsp3) is 0.667. The molecular formula is C6H12Sn. The Hall–Kier alpha value is 0.359. The van der Waals surface area contributed by atoms with Crippen molar-refractivity contribution in [2.24, 2.45) is 0 Å². The van der Waals surface area contributed by atoms with Gasteiger partial charge in [0.25, 0.3) is 0 Å². The average Bonchev–Trinajstić information content (AvgIpc) is 1.69. The molecule has 0 aromatic carbocycles. The van der Waals surface area contributed by atoms with Gasteiger partial charge in [-0.25, -0.2) is 0 Å². The zero-order valence-corrected chi connectivity index (χ0v) is 10.8. The molecule has 0 aliphatic heterocycles. The van der Waals surface area contributed by atoms with E-state index in [-0.39, 0.29) is 0 Å². The molecule has 0 saturated carbocycles. The molecule has 1 heteroatoms. The first-order chi connectivity index (χ1) is 3.41. The molecule has 0 nitrogen and oxygen atoms in total. The van der Waals surface area contributed by atoms with Crippen molar-refractivity contribution in [1.82, 2.24) is 0 Å². The van der Waals surface area contributed by atoms with Gasteiger partial charge < -0.3 is 0 Å². The summed E-state index contributed by atoms with van der Waals surface area (Å²) in [5, 5.41) is 0. The van der Waals surface area contributed by atoms with Crippen LogP contribution in [0.3, 0.4) is 0 Å². The van der Waals surface area contributed by atoms with Crippen LogP contribution in [0, 0.1) is 9.86 Å². The molecule has 0 saturated heterocycles. The molecule has 0 unspecified atom stereocenters. The molecule has 0 N–H and O–H groups in total. The molecule has 0 heterocycles. The summed E-state index contributed by atoms with van der Waals surface area (Å²) in [5.41, 5.74) is 0. The predicted molar refractivity (Wildman–Crippen MR) is 37.2 cm³/mol. The molecule has 0 spiro atoms. The summed E-state index contributed by atoms with van der Waals surface area (Å²) in [7, 11) is 0. The topological polar surface area (TPSA) is 0 Å². The number of hydrogen-bond acceptors (Lipinski definition) is 0. The van der Waals surface area contributed by atoms with Crippen LogP contribution in [0.1, 0.15) is 26.2 Å². The van der Waals surface area contributed by atoms with E-state index in [1.807, 2.05) is 0 Å². The van der Waals surface area contributed by atoms with E-state index >= 15 is 0 Å². The van der Waals surface area contributed by atoms with E-state index in [1.54, 1.807) is 0 Å². The normalized spacial score (nSPS) is 7.57. The van der Waals surface area contributed by atoms with Crippen molar-refractivity contribution in [3.8, 4) is 9.86 Å². The molecule has 0 aliphatic carbocycles. The third kappa shape index (κ3) is 6.36. The van der Waals surface area contributed by atoms with E-state index in [4.69, 9.17) is 0 Å². The van der Waals surface area contributed by atoms with Crippen molar-refractivity contribution in [3.63, 3.8) is 0 Å². The van der Waals surface area contributed by atoms with Crippen LogP contribution >= 0.6 is 0 Å². The molecule has 0 radical (unpaired) electrons. The van der Waals surface area contributed by atoms with E-state index in [9.17, 15) is 0 Å². The maximum atomic E-state index is 3.09. The Morgan fingerprint density at radius 1 is 1.57 bits per heavy atom. The molecule has 40 valence electrons. The Labute approximate surface area is 58.8 Å². The Bertz CT molecular complexity index is 75.9. The maximum absolute atomic E-state index is 3.09. The fourth-order valence-corrected chi connectivity index (χ4v) is 1.10. The second-order valence-electron chi connectivity index (χ2n) is 1.53. The Morgan fingerprint density at radius 3 is 2.71 bits per heavy atom. The summed E-state index contributed by atoms with van der Waals surface area (Å²) in [5.74, 6) is 3.09. The second-order valence-corrected chi connectivity index (χ2v) is 2.96. The average molecular weight is 203 g/mol. The van der Waals surface area contributed by atoms with Crippen LogP contribution in [0.15, 0.2) is 0 Å².